The smallest absolute Gasteiger partial charge is 0.123 e. The highest BCUT2D eigenvalue weighted by molar-refractivity contribution is 7.08. The monoisotopic (exact) mass is 287 g/mol. The lowest BCUT2D eigenvalue weighted by molar-refractivity contribution is 0.138. The second kappa shape index (κ2) is 5.23. The van der Waals surface area contributed by atoms with Gasteiger partial charge in [-0.2, -0.15) is 11.3 Å². The van der Waals surface area contributed by atoms with Gasteiger partial charge in [0.2, 0.25) is 0 Å². The van der Waals surface area contributed by atoms with Crippen LogP contribution in [-0.2, 0) is 19.5 Å². The third kappa shape index (κ3) is 2.89. The molecule has 2 aromatic rings. The van der Waals surface area contributed by atoms with Crippen LogP contribution in [0.1, 0.15) is 36.1 Å². The Hall–Kier alpha value is -1.32. The van der Waals surface area contributed by atoms with Crippen LogP contribution in [0.25, 0.3) is 0 Å². The lowest BCUT2D eigenvalue weighted by atomic mass is 10.0. The Morgan fingerprint density at radius 2 is 2.10 bits per heavy atom. The minimum atomic E-state index is -0.0534. The lowest BCUT2D eigenvalue weighted by Crippen LogP contribution is -2.24. The topological polar surface area (TPSA) is 21.3 Å². The number of thiophene rings is 1. The predicted molar refractivity (Wildman–Crippen MR) is 84.5 cm³/mol. The molecule has 1 aromatic carbocycles. The van der Waals surface area contributed by atoms with E-state index in [1.165, 1.54) is 22.3 Å². The molecule has 2 nitrogen and oxygen atoms in total. The molecule has 106 valence electrons. The van der Waals surface area contributed by atoms with Crippen molar-refractivity contribution in [1.29, 1.82) is 0 Å². The normalized spacial score (nSPS) is 15.9. The van der Waals surface area contributed by atoms with E-state index >= 15 is 0 Å². The van der Waals surface area contributed by atoms with Gasteiger partial charge in [-0.1, -0.05) is 12.1 Å². The minimum Gasteiger partial charge on any atom is -0.487 e. The molecule has 0 amide bonds. The summed E-state index contributed by atoms with van der Waals surface area (Å²) in [6.45, 7) is 8.30. The number of nitrogens with one attached hydrogen (secondary N) is 1. The molecule has 0 bridgehead atoms. The van der Waals surface area contributed by atoms with E-state index in [-0.39, 0.29) is 5.60 Å². The second-order valence-electron chi connectivity index (χ2n) is 6.16. The molecule has 0 spiro atoms. The van der Waals surface area contributed by atoms with Crippen LogP contribution in [0.15, 0.2) is 29.0 Å². The molecule has 0 saturated heterocycles. The Morgan fingerprint density at radius 1 is 1.25 bits per heavy atom. The van der Waals surface area contributed by atoms with Crippen LogP contribution in [0.4, 0.5) is 0 Å². The average Bonchev–Trinajstić information content (AvgIpc) is 2.91. The van der Waals surface area contributed by atoms with Crippen LogP contribution >= 0.6 is 11.3 Å². The standard InChI is InChI=1S/C17H21NOS/c1-12-10-20-11-15(12)9-18-8-13-4-5-16-14(6-13)7-17(2,3)19-16/h4-6,10-11,18H,7-9H2,1-3H3. The SMILES string of the molecule is Cc1cscc1CNCc1ccc2c(c1)CC(C)(C)O2. The van der Waals surface area contributed by atoms with E-state index in [9.17, 15) is 0 Å². The first-order chi connectivity index (χ1) is 9.53. The van der Waals surface area contributed by atoms with E-state index in [1.54, 1.807) is 11.3 Å². The average molecular weight is 287 g/mol. The highest BCUT2D eigenvalue weighted by Crippen LogP contribution is 2.35. The van der Waals surface area contributed by atoms with Crippen molar-refractivity contribution in [3.05, 3.63) is 51.2 Å². The fourth-order valence-corrected chi connectivity index (χ4v) is 3.54. The molecule has 1 aliphatic heterocycles. The number of benzene rings is 1. The van der Waals surface area contributed by atoms with Crippen molar-refractivity contribution >= 4 is 11.3 Å². The summed E-state index contributed by atoms with van der Waals surface area (Å²) in [5.41, 5.74) is 5.40. The molecule has 3 heteroatoms. The first-order valence-electron chi connectivity index (χ1n) is 7.07. The highest BCUT2D eigenvalue weighted by Gasteiger charge is 2.29. The Kier molecular flexibility index (Phi) is 3.57. The molecular formula is C17H21NOS. The highest BCUT2D eigenvalue weighted by atomic mass is 32.1. The Labute approximate surface area is 124 Å². The van der Waals surface area contributed by atoms with E-state index in [0.717, 1.165) is 25.3 Å². The van der Waals surface area contributed by atoms with Crippen LogP contribution in [0.5, 0.6) is 5.75 Å². The summed E-state index contributed by atoms with van der Waals surface area (Å²) in [5, 5.41) is 7.95. The number of fused-ring (bicyclic) bond motifs is 1. The van der Waals surface area contributed by atoms with Gasteiger partial charge in [0.1, 0.15) is 11.4 Å². The second-order valence-corrected chi connectivity index (χ2v) is 6.91. The number of hydrogen-bond acceptors (Lipinski definition) is 3. The van der Waals surface area contributed by atoms with Gasteiger partial charge in [-0.25, -0.2) is 0 Å². The van der Waals surface area contributed by atoms with Crippen molar-refractivity contribution in [2.45, 2.75) is 45.9 Å². The zero-order valence-electron chi connectivity index (χ0n) is 12.3. The fourth-order valence-electron chi connectivity index (χ4n) is 2.68. The summed E-state index contributed by atoms with van der Waals surface area (Å²) in [6.07, 6.45) is 1.000. The first kappa shape index (κ1) is 13.7. The summed E-state index contributed by atoms with van der Waals surface area (Å²) in [7, 11) is 0. The molecule has 20 heavy (non-hydrogen) atoms. The maximum atomic E-state index is 5.91. The summed E-state index contributed by atoms with van der Waals surface area (Å²) in [5.74, 6) is 1.05. The van der Waals surface area contributed by atoms with Gasteiger partial charge in [-0.15, -0.1) is 0 Å². The first-order valence-corrected chi connectivity index (χ1v) is 8.01. The third-order valence-corrected chi connectivity index (χ3v) is 4.64. The summed E-state index contributed by atoms with van der Waals surface area (Å²) in [4.78, 5) is 0. The summed E-state index contributed by atoms with van der Waals surface area (Å²) >= 11 is 1.77. The Morgan fingerprint density at radius 3 is 2.85 bits per heavy atom. The van der Waals surface area contributed by atoms with Crippen LogP contribution in [0, 0.1) is 6.92 Å². The molecule has 1 aromatic heterocycles. The zero-order chi connectivity index (χ0) is 14.2. The van der Waals surface area contributed by atoms with Gasteiger partial charge < -0.3 is 10.1 Å². The van der Waals surface area contributed by atoms with E-state index < -0.39 is 0 Å². The van der Waals surface area contributed by atoms with Crippen molar-refractivity contribution in [1.82, 2.24) is 5.32 Å². The van der Waals surface area contributed by atoms with Crippen molar-refractivity contribution in [2.75, 3.05) is 0 Å². The Bertz CT molecular complexity index is 615. The summed E-state index contributed by atoms with van der Waals surface area (Å²) in [6, 6.07) is 6.54. The lowest BCUT2D eigenvalue weighted by Gasteiger charge is -2.16. The molecule has 0 radical (unpaired) electrons. The maximum absolute atomic E-state index is 5.91. The van der Waals surface area contributed by atoms with Gasteiger partial charge in [0.05, 0.1) is 0 Å². The van der Waals surface area contributed by atoms with Crippen molar-refractivity contribution in [3.8, 4) is 5.75 Å². The van der Waals surface area contributed by atoms with Gasteiger partial charge in [0.15, 0.2) is 0 Å². The molecule has 0 fully saturated rings. The van der Waals surface area contributed by atoms with E-state index in [0.29, 0.717) is 0 Å². The Balaban J connectivity index is 1.61. The van der Waals surface area contributed by atoms with E-state index in [1.807, 2.05) is 0 Å². The van der Waals surface area contributed by atoms with Gasteiger partial charge in [0, 0.05) is 19.5 Å². The van der Waals surface area contributed by atoms with Crippen molar-refractivity contribution in [3.63, 3.8) is 0 Å². The van der Waals surface area contributed by atoms with Crippen molar-refractivity contribution in [2.24, 2.45) is 0 Å². The molecular weight excluding hydrogens is 266 g/mol. The van der Waals surface area contributed by atoms with Crippen LogP contribution in [0.3, 0.4) is 0 Å². The number of ether oxygens (including phenoxy) is 1. The molecule has 2 heterocycles. The third-order valence-electron chi connectivity index (χ3n) is 3.73. The number of rotatable bonds is 4. The zero-order valence-corrected chi connectivity index (χ0v) is 13.1. The molecule has 1 N–H and O–H groups in total. The quantitative estimate of drug-likeness (QED) is 0.915. The minimum absolute atomic E-state index is 0.0534. The maximum Gasteiger partial charge on any atom is 0.123 e. The molecule has 0 saturated carbocycles. The van der Waals surface area contributed by atoms with Crippen LogP contribution in [0.2, 0.25) is 0 Å². The van der Waals surface area contributed by atoms with Gasteiger partial charge >= 0.3 is 0 Å². The largest absolute Gasteiger partial charge is 0.487 e. The van der Waals surface area contributed by atoms with Crippen LogP contribution in [-0.4, -0.2) is 5.60 Å². The van der Waals surface area contributed by atoms with Gasteiger partial charge in [-0.3, -0.25) is 0 Å². The van der Waals surface area contributed by atoms with Crippen LogP contribution < -0.4 is 10.1 Å². The molecule has 1 aliphatic rings. The molecule has 0 aliphatic carbocycles. The number of hydrogen-bond donors (Lipinski definition) is 1. The molecule has 0 atom stereocenters. The fraction of sp³-hybridized carbons (Fsp3) is 0.412. The number of aryl methyl sites for hydroxylation is 1. The van der Waals surface area contributed by atoms with Gasteiger partial charge in [-0.05, 0) is 59.9 Å². The molecule has 3 rings (SSSR count). The van der Waals surface area contributed by atoms with E-state index in [2.05, 4.69) is 55.0 Å². The predicted octanol–water partition coefficient (Wildman–Crippen LogP) is 4.06. The van der Waals surface area contributed by atoms with Crippen molar-refractivity contribution < 1.29 is 4.74 Å². The van der Waals surface area contributed by atoms with E-state index in [4.69, 9.17) is 4.74 Å². The van der Waals surface area contributed by atoms with Gasteiger partial charge in [0.25, 0.3) is 0 Å². The summed E-state index contributed by atoms with van der Waals surface area (Å²) < 4.78 is 5.91. The molecule has 0 unspecified atom stereocenters.